The molecule has 3 rings (SSSR count). The summed E-state index contributed by atoms with van der Waals surface area (Å²) in [6.45, 7) is 0. The van der Waals surface area contributed by atoms with Gasteiger partial charge in [-0.1, -0.05) is 18.2 Å². The maximum atomic E-state index is 3.16. The molecule has 0 bridgehead atoms. The van der Waals surface area contributed by atoms with Gasteiger partial charge in [-0.3, -0.25) is 4.52 Å². The van der Waals surface area contributed by atoms with E-state index < -0.39 is 0 Å². The molecule has 2 heterocycles. The van der Waals surface area contributed by atoms with E-state index in [0.29, 0.717) is 0 Å². The predicted molar refractivity (Wildman–Crippen MR) is 49.3 cm³/mol. The minimum atomic E-state index is 1.22. The van der Waals surface area contributed by atoms with Crippen molar-refractivity contribution in [3.05, 3.63) is 42.6 Å². The number of aromatic nitrogens is 2. The van der Waals surface area contributed by atoms with Gasteiger partial charge < -0.3 is 5.10 Å². The summed E-state index contributed by atoms with van der Waals surface area (Å²) in [6.07, 6.45) is 1.95. The number of H-pyrrole nitrogens is 1. The third-order valence-corrected chi connectivity index (χ3v) is 2.20. The first-order chi connectivity index (χ1) is 5.95. The number of aromatic amines is 1. The van der Waals surface area contributed by atoms with Crippen LogP contribution in [0.25, 0.3) is 16.4 Å². The Morgan fingerprint density at radius 2 is 2.00 bits per heavy atom. The van der Waals surface area contributed by atoms with Crippen LogP contribution >= 0.6 is 0 Å². The minimum absolute atomic E-state index is 1.22. The normalized spacial score (nSPS) is 11.3. The highest BCUT2D eigenvalue weighted by Gasteiger charge is 1.99. The minimum Gasteiger partial charge on any atom is -0.301 e. The molecule has 0 aliphatic rings. The van der Waals surface area contributed by atoms with Crippen LogP contribution in [-0.2, 0) is 0 Å². The summed E-state index contributed by atoms with van der Waals surface area (Å²) in [7, 11) is 0. The van der Waals surface area contributed by atoms with Crippen molar-refractivity contribution in [3.63, 3.8) is 0 Å². The van der Waals surface area contributed by atoms with Crippen LogP contribution in [0.3, 0.4) is 0 Å². The zero-order chi connectivity index (χ0) is 7.97. The number of fused-ring (bicyclic) bond motifs is 3. The summed E-state index contributed by atoms with van der Waals surface area (Å²) >= 11 is 0. The van der Waals surface area contributed by atoms with Gasteiger partial charge in [0.25, 0.3) is 0 Å². The Labute approximate surface area is 69.4 Å². The van der Waals surface area contributed by atoms with Crippen molar-refractivity contribution in [2.75, 3.05) is 0 Å². The largest absolute Gasteiger partial charge is 0.301 e. The monoisotopic (exact) mass is 156 g/mol. The van der Waals surface area contributed by atoms with Crippen molar-refractivity contribution >= 4 is 16.4 Å². The van der Waals surface area contributed by atoms with Crippen LogP contribution in [0.4, 0.5) is 0 Å². The first-order valence-corrected chi connectivity index (χ1v) is 3.99. The lowest BCUT2D eigenvalue weighted by Gasteiger charge is -1.89. The number of rotatable bonds is 0. The van der Waals surface area contributed by atoms with Crippen molar-refractivity contribution in [1.29, 1.82) is 0 Å². The number of para-hydroxylation sites is 1. The average molecular weight is 156 g/mol. The lowest BCUT2D eigenvalue weighted by molar-refractivity contribution is 1.01. The number of hydrogen-bond donors (Lipinski definition) is 1. The molecule has 0 fully saturated rings. The van der Waals surface area contributed by atoms with Gasteiger partial charge in [0.05, 0.1) is 11.0 Å². The molecular weight excluding hydrogens is 148 g/mol. The van der Waals surface area contributed by atoms with Gasteiger partial charge >= 0.3 is 0 Å². The molecule has 1 N–H and O–H groups in total. The van der Waals surface area contributed by atoms with Crippen molar-refractivity contribution in [3.8, 4) is 0 Å². The van der Waals surface area contributed by atoms with E-state index in [2.05, 4.69) is 46.0 Å². The van der Waals surface area contributed by atoms with Gasteiger partial charge in [0.2, 0.25) is 0 Å². The van der Waals surface area contributed by atoms with E-state index in [4.69, 9.17) is 0 Å². The Bertz CT molecular complexity index is 530. The van der Waals surface area contributed by atoms with Gasteiger partial charge in [-0.2, -0.15) is 0 Å². The fourth-order valence-electron chi connectivity index (χ4n) is 1.64. The lowest BCUT2D eigenvalue weighted by Crippen LogP contribution is -1.79. The summed E-state index contributed by atoms with van der Waals surface area (Å²) in [5.74, 6) is 0. The first kappa shape index (κ1) is 5.89. The zero-order valence-electron chi connectivity index (χ0n) is 6.49. The SMILES string of the molecule is c1ccc2c(c1)cc1cc[nH]n12. The van der Waals surface area contributed by atoms with E-state index >= 15 is 0 Å². The van der Waals surface area contributed by atoms with Crippen LogP contribution in [-0.4, -0.2) is 9.61 Å². The smallest absolute Gasteiger partial charge is 0.0703 e. The molecule has 0 unspecified atom stereocenters. The molecule has 0 spiro atoms. The van der Waals surface area contributed by atoms with Crippen molar-refractivity contribution < 1.29 is 0 Å². The third kappa shape index (κ3) is 0.593. The van der Waals surface area contributed by atoms with Crippen molar-refractivity contribution in [2.24, 2.45) is 0 Å². The summed E-state index contributed by atoms with van der Waals surface area (Å²) in [6, 6.07) is 12.6. The number of nitrogens with one attached hydrogen (secondary N) is 1. The molecule has 58 valence electrons. The molecular formula is C10H8N2. The first-order valence-electron chi connectivity index (χ1n) is 3.99. The van der Waals surface area contributed by atoms with E-state index in [1.807, 2.05) is 6.20 Å². The van der Waals surface area contributed by atoms with Gasteiger partial charge in [-0.25, -0.2) is 0 Å². The molecule has 2 aromatic heterocycles. The van der Waals surface area contributed by atoms with E-state index in [1.54, 1.807) is 0 Å². The molecule has 3 aromatic rings. The highest BCUT2D eigenvalue weighted by atomic mass is 15.2. The summed E-state index contributed by atoms with van der Waals surface area (Å²) in [5, 5.41) is 4.44. The number of hydrogen-bond acceptors (Lipinski definition) is 0. The van der Waals surface area contributed by atoms with E-state index in [-0.39, 0.29) is 0 Å². The van der Waals surface area contributed by atoms with E-state index in [1.165, 1.54) is 16.4 Å². The predicted octanol–water partition coefficient (Wildman–Crippen LogP) is 2.42. The molecule has 0 radical (unpaired) electrons. The number of nitrogens with zero attached hydrogens (tertiary/aromatic N) is 1. The number of benzene rings is 1. The zero-order valence-corrected chi connectivity index (χ0v) is 6.49. The van der Waals surface area contributed by atoms with Crippen molar-refractivity contribution in [1.82, 2.24) is 9.61 Å². The van der Waals surface area contributed by atoms with Crippen LogP contribution in [0, 0.1) is 0 Å². The van der Waals surface area contributed by atoms with Crippen LogP contribution in [0.5, 0.6) is 0 Å². The van der Waals surface area contributed by atoms with Gasteiger partial charge in [0, 0.05) is 11.6 Å². The van der Waals surface area contributed by atoms with Gasteiger partial charge in [0.15, 0.2) is 0 Å². The molecule has 0 aliphatic heterocycles. The fourth-order valence-corrected chi connectivity index (χ4v) is 1.64. The Balaban J connectivity index is 2.68. The van der Waals surface area contributed by atoms with Crippen molar-refractivity contribution in [2.45, 2.75) is 0 Å². The van der Waals surface area contributed by atoms with E-state index in [9.17, 15) is 0 Å². The second kappa shape index (κ2) is 1.91. The summed E-state index contributed by atoms with van der Waals surface area (Å²) < 4.78 is 2.08. The lowest BCUT2D eigenvalue weighted by atomic mass is 10.2. The Morgan fingerprint density at radius 1 is 1.08 bits per heavy atom. The highest BCUT2D eigenvalue weighted by Crippen LogP contribution is 2.18. The molecule has 12 heavy (non-hydrogen) atoms. The Hall–Kier alpha value is -1.70. The highest BCUT2D eigenvalue weighted by molar-refractivity contribution is 5.86. The molecule has 0 saturated carbocycles. The molecule has 2 heteroatoms. The Morgan fingerprint density at radius 3 is 3.00 bits per heavy atom. The van der Waals surface area contributed by atoms with Crippen LogP contribution in [0.2, 0.25) is 0 Å². The second-order valence-corrected chi connectivity index (χ2v) is 2.93. The quantitative estimate of drug-likeness (QED) is 0.516. The maximum absolute atomic E-state index is 3.16. The molecule has 0 amide bonds. The molecule has 0 aliphatic carbocycles. The standard InChI is InChI=1S/C10H8N2/c1-2-4-10-8(3-1)7-9-5-6-11-12(9)10/h1-7,11H. The topological polar surface area (TPSA) is 20.2 Å². The molecule has 2 nitrogen and oxygen atoms in total. The maximum Gasteiger partial charge on any atom is 0.0703 e. The van der Waals surface area contributed by atoms with Gasteiger partial charge in [-0.05, 0) is 18.2 Å². The average Bonchev–Trinajstić information content (AvgIpc) is 2.62. The third-order valence-electron chi connectivity index (χ3n) is 2.20. The molecule has 0 saturated heterocycles. The van der Waals surface area contributed by atoms with Crippen LogP contribution in [0.15, 0.2) is 42.6 Å². The van der Waals surface area contributed by atoms with E-state index in [0.717, 1.165) is 0 Å². The second-order valence-electron chi connectivity index (χ2n) is 2.93. The van der Waals surface area contributed by atoms with Crippen LogP contribution < -0.4 is 0 Å². The molecule has 1 aromatic carbocycles. The van der Waals surface area contributed by atoms with Gasteiger partial charge in [0.1, 0.15) is 0 Å². The summed E-state index contributed by atoms with van der Waals surface area (Å²) in [5.41, 5.74) is 2.45. The summed E-state index contributed by atoms with van der Waals surface area (Å²) in [4.78, 5) is 0. The van der Waals surface area contributed by atoms with Crippen LogP contribution in [0.1, 0.15) is 0 Å². The fraction of sp³-hybridized carbons (Fsp3) is 0. The Kier molecular flexibility index (Phi) is 0.939. The van der Waals surface area contributed by atoms with Gasteiger partial charge in [-0.15, -0.1) is 0 Å². The molecule has 0 atom stereocenters.